The zero-order valence-electron chi connectivity index (χ0n) is 17.8. The molecule has 3 N–H and O–H groups in total. The maximum atomic E-state index is 13.1. The summed E-state index contributed by atoms with van der Waals surface area (Å²) in [6, 6.07) is 10.2. The number of halogens is 1. The van der Waals surface area contributed by atoms with Gasteiger partial charge in [-0.25, -0.2) is 8.42 Å². The van der Waals surface area contributed by atoms with Gasteiger partial charge in [-0.05, 0) is 60.2 Å². The Morgan fingerprint density at radius 1 is 1.06 bits per heavy atom. The first-order valence-corrected chi connectivity index (χ1v) is 12.6. The van der Waals surface area contributed by atoms with E-state index in [1.54, 1.807) is 41.3 Å². The molecule has 8 nitrogen and oxygen atoms in total. The molecule has 0 aromatic heterocycles. The lowest BCUT2D eigenvalue weighted by Crippen LogP contribution is -2.52. The fourth-order valence-corrected chi connectivity index (χ4v) is 6.03. The molecule has 2 aromatic rings. The van der Waals surface area contributed by atoms with Crippen LogP contribution in [0.4, 0.5) is 0 Å². The van der Waals surface area contributed by atoms with Gasteiger partial charge in [-0.3, -0.25) is 10.2 Å². The van der Waals surface area contributed by atoms with Crippen LogP contribution in [0.5, 0.6) is 0 Å². The van der Waals surface area contributed by atoms with Gasteiger partial charge in [0.1, 0.15) is 0 Å². The van der Waals surface area contributed by atoms with Crippen LogP contribution in [0.1, 0.15) is 19.3 Å². The highest BCUT2D eigenvalue weighted by atomic mass is 35.5. The first-order valence-electron chi connectivity index (χ1n) is 10.8. The average Bonchev–Trinajstić information content (AvgIpc) is 2.78. The number of guanidine groups is 1. The maximum absolute atomic E-state index is 13.1. The SMILES string of the molecule is N=C(N)N1CCC(CCN2CCN(S(=O)(=O)c3ccc4cc(Cl)ccc4c3)CC2=O)CC1. The van der Waals surface area contributed by atoms with E-state index in [0.29, 0.717) is 24.0 Å². The van der Waals surface area contributed by atoms with Gasteiger partial charge in [0.05, 0.1) is 11.4 Å². The molecule has 172 valence electrons. The van der Waals surface area contributed by atoms with Crippen molar-refractivity contribution in [2.75, 3.05) is 39.3 Å². The smallest absolute Gasteiger partial charge is 0.243 e. The summed E-state index contributed by atoms with van der Waals surface area (Å²) < 4.78 is 27.5. The van der Waals surface area contributed by atoms with Crippen LogP contribution in [-0.4, -0.2) is 73.7 Å². The van der Waals surface area contributed by atoms with Crippen molar-refractivity contribution in [1.29, 1.82) is 5.41 Å². The molecule has 0 spiro atoms. The highest BCUT2D eigenvalue weighted by molar-refractivity contribution is 7.89. The first kappa shape index (κ1) is 22.8. The zero-order valence-corrected chi connectivity index (χ0v) is 19.4. The van der Waals surface area contributed by atoms with Gasteiger partial charge < -0.3 is 15.5 Å². The molecule has 0 radical (unpaired) electrons. The van der Waals surface area contributed by atoms with E-state index in [-0.39, 0.29) is 29.9 Å². The van der Waals surface area contributed by atoms with Crippen molar-refractivity contribution in [1.82, 2.24) is 14.1 Å². The maximum Gasteiger partial charge on any atom is 0.243 e. The number of benzene rings is 2. The van der Waals surface area contributed by atoms with E-state index in [0.717, 1.165) is 43.1 Å². The average molecular weight is 478 g/mol. The minimum absolute atomic E-state index is 0.117. The number of rotatable bonds is 5. The molecular formula is C22H28ClN5O3S. The van der Waals surface area contributed by atoms with Crippen molar-refractivity contribution in [3.8, 4) is 0 Å². The fourth-order valence-electron chi connectivity index (χ4n) is 4.43. The number of hydrogen-bond donors (Lipinski definition) is 2. The minimum atomic E-state index is -3.75. The quantitative estimate of drug-likeness (QED) is 0.507. The molecule has 2 heterocycles. The Hall–Kier alpha value is -2.36. The van der Waals surface area contributed by atoms with Crippen molar-refractivity contribution in [2.45, 2.75) is 24.2 Å². The number of carbonyl (C=O) groups excluding carboxylic acids is 1. The van der Waals surface area contributed by atoms with Crippen molar-refractivity contribution in [3.63, 3.8) is 0 Å². The summed E-state index contributed by atoms with van der Waals surface area (Å²) >= 11 is 6.01. The normalized spacial score (nSPS) is 19.0. The summed E-state index contributed by atoms with van der Waals surface area (Å²) in [6.45, 7) is 2.73. The van der Waals surface area contributed by atoms with Crippen LogP contribution in [-0.2, 0) is 14.8 Å². The van der Waals surface area contributed by atoms with Crippen LogP contribution in [0.15, 0.2) is 41.3 Å². The fraction of sp³-hybridized carbons (Fsp3) is 0.455. The number of nitrogens with two attached hydrogens (primary N) is 1. The lowest BCUT2D eigenvalue weighted by molar-refractivity contribution is -0.134. The number of sulfonamides is 1. The standard InChI is InChI=1S/C22H28ClN5O3S/c23-19-3-1-18-14-20(4-2-17(18)13-19)32(30,31)28-12-11-26(21(29)15-28)8-5-16-6-9-27(10-7-16)22(24)25/h1-4,13-14,16H,5-12,15H2,(H3,24,25). The summed E-state index contributed by atoms with van der Waals surface area (Å²) in [5, 5.41) is 9.77. The van der Waals surface area contributed by atoms with Gasteiger partial charge in [-0.1, -0.05) is 23.7 Å². The van der Waals surface area contributed by atoms with Crippen LogP contribution < -0.4 is 5.73 Å². The molecule has 2 aromatic carbocycles. The highest BCUT2D eigenvalue weighted by Gasteiger charge is 2.33. The lowest BCUT2D eigenvalue weighted by atomic mass is 9.93. The summed E-state index contributed by atoms with van der Waals surface area (Å²) in [4.78, 5) is 16.5. The van der Waals surface area contributed by atoms with Gasteiger partial charge >= 0.3 is 0 Å². The third kappa shape index (κ3) is 4.84. The number of piperidine rings is 1. The molecule has 2 saturated heterocycles. The van der Waals surface area contributed by atoms with Crippen molar-refractivity contribution < 1.29 is 13.2 Å². The second kappa shape index (κ2) is 9.25. The number of likely N-dealkylation sites (tertiary alicyclic amines) is 1. The Labute approximate surface area is 193 Å². The predicted octanol–water partition coefficient (Wildman–Crippen LogP) is 2.32. The van der Waals surface area contributed by atoms with Crippen LogP contribution in [0.25, 0.3) is 10.8 Å². The Kier molecular flexibility index (Phi) is 6.60. The predicted molar refractivity (Wildman–Crippen MR) is 125 cm³/mol. The largest absolute Gasteiger partial charge is 0.370 e. The van der Waals surface area contributed by atoms with Gasteiger partial charge in [0.15, 0.2) is 5.96 Å². The summed E-state index contributed by atoms with van der Waals surface area (Å²) in [5.74, 6) is 0.450. The Morgan fingerprint density at radius 2 is 1.75 bits per heavy atom. The third-order valence-electron chi connectivity index (χ3n) is 6.46. The second-order valence-corrected chi connectivity index (χ2v) is 10.9. The van der Waals surface area contributed by atoms with Gasteiger partial charge in [0.2, 0.25) is 15.9 Å². The van der Waals surface area contributed by atoms with E-state index in [4.69, 9.17) is 22.7 Å². The van der Waals surface area contributed by atoms with E-state index in [1.165, 1.54) is 4.31 Å². The summed E-state index contributed by atoms with van der Waals surface area (Å²) in [5.41, 5.74) is 5.54. The number of piperazine rings is 1. The highest BCUT2D eigenvalue weighted by Crippen LogP contribution is 2.26. The van der Waals surface area contributed by atoms with Crippen molar-refractivity contribution in [2.24, 2.45) is 11.7 Å². The lowest BCUT2D eigenvalue weighted by Gasteiger charge is -2.36. The summed E-state index contributed by atoms with van der Waals surface area (Å²) in [7, 11) is -3.75. The molecule has 1 amide bonds. The number of nitrogens with zero attached hydrogens (tertiary/aromatic N) is 3. The van der Waals surface area contributed by atoms with E-state index < -0.39 is 10.0 Å². The number of hydrogen-bond acceptors (Lipinski definition) is 4. The van der Waals surface area contributed by atoms with E-state index >= 15 is 0 Å². The van der Waals surface area contributed by atoms with Gasteiger partial charge in [0.25, 0.3) is 0 Å². The molecule has 0 bridgehead atoms. The van der Waals surface area contributed by atoms with Crippen molar-refractivity contribution >= 4 is 44.3 Å². The molecule has 0 aliphatic carbocycles. The summed E-state index contributed by atoms with van der Waals surface area (Å²) in [6.07, 6.45) is 2.79. The van der Waals surface area contributed by atoms with Crippen LogP contribution in [0.2, 0.25) is 5.02 Å². The minimum Gasteiger partial charge on any atom is -0.370 e. The van der Waals surface area contributed by atoms with Crippen LogP contribution in [0.3, 0.4) is 0 Å². The third-order valence-corrected chi connectivity index (χ3v) is 8.53. The monoisotopic (exact) mass is 477 g/mol. The molecule has 4 rings (SSSR count). The molecule has 2 aliphatic heterocycles. The molecule has 0 unspecified atom stereocenters. The van der Waals surface area contributed by atoms with Gasteiger partial charge in [-0.15, -0.1) is 0 Å². The number of nitrogens with one attached hydrogen (secondary N) is 1. The molecule has 2 aliphatic rings. The second-order valence-electron chi connectivity index (χ2n) is 8.48. The first-order chi connectivity index (χ1) is 15.2. The Balaban J connectivity index is 1.35. The zero-order chi connectivity index (χ0) is 22.9. The van der Waals surface area contributed by atoms with E-state index in [1.807, 2.05) is 4.90 Å². The van der Waals surface area contributed by atoms with Crippen LogP contribution >= 0.6 is 11.6 Å². The van der Waals surface area contributed by atoms with E-state index in [2.05, 4.69) is 0 Å². The van der Waals surface area contributed by atoms with Gasteiger partial charge in [-0.2, -0.15) is 4.31 Å². The Bertz CT molecular complexity index is 1130. The van der Waals surface area contributed by atoms with Crippen molar-refractivity contribution in [3.05, 3.63) is 41.4 Å². The molecule has 32 heavy (non-hydrogen) atoms. The number of carbonyl (C=O) groups is 1. The molecular weight excluding hydrogens is 450 g/mol. The number of amides is 1. The topological polar surface area (TPSA) is 111 Å². The molecule has 0 saturated carbocycles. The molecule has 10 heteroatoms. The van der Waals surface area contributed by atoms with Crippen LogP contribution in [0, 0.1) is 11.3 Å². The molecule has 2 fully saturated rings. The Morgan fingerprint density at radius 3 is 2.44 bits per heavy atom. The van der Waals surface area contributed by atoms with Gasteiger partial charge in [0, 0.05) is 37.7 Å². The number of fused-ring (bicyclic) bond motifs is 1. The molecule has 0 atom stereocenters. The van der Waals surface area contributed by atoms with E-state index in [9.17, 15) is 13.2 Å².